The van der Waals surface area contributed by atoms with Crippen LogP contribution in [0.25, 0.3) is 0 Å². The maximum absolute atomic E-state index is 11.8. The largest absolute Gasteiger partial charge is 0.351 e. The van der Waals surface area contributed by atoms with Gasteiger partial charge in [-0.3, -0.25) is 4.79 Å². The van der Waals surface area contributed by atoms with Crippen molar-refractivity contribution in [2.24, 2.45) is 0 Å². The molecule has 0 radical (unpaired) electrons. The molecule has 0 saturated heterocycles. The molecule has 1 aromatic heterocycles. The Morgan fingerprint density at radius 3 is 2.88 bits per heavy atom. The molecule has 2 N–H and O–H groups in total. The van der Waals surface area contributed by atoms with E-state index < -0.39 is 0 Å². The zero-order valence-electron chi connectivity index (χ0n) is 10.3. The summed E-state index contributed by atoms with van der Waals surface area (Å²) in [5, 5.41) is 6.40. The lowest BCUT2D eigenvalue weighted by Gasteiger charge is -2.04. The standard InChI is InChI=1S/C13H20N2OS/c1-2-11-6-7-12(17-11)13(16)15-9-3-8-14-10-4-5-10/h6-7,10,14H,2-5,8-9H2,1H3,(H,15,16). The van der Waals surface area contributed by atoms with Gasteiger partial charge >= 0.3 is 0 Å². The Hall–Kier alpha value is -0.870. The fraction of sp³-hybridized carbons (Fsp3) is 0.615. The van der Waals surface area contributed by atoms with Crippen LogP contribution in [0.3, 0.4) is 0 Å². The van der Waals surface area contributed by atoms with Crippen molar-refractivity contribution in [3.05, 3.63) is 21.9 Å². The highest BCUT2D eigenvalue weighted by Crippen LogP contribution is 2.18. The Balaban J connectivity index is 1.62. The van der Waals surface area contributed by atoms with Gasteiger partial charge in [0, 0.05) is 17.5 Å². The number of thiophene rings is 1. The molecule has 94 valence electrons. The van der Waals surface area contributed by atoms with Crippen molar-refractivity contribution in [3.8, 4) is 0 Å². The van der Waals surface area contributed by atoms with Crippen LogP contribution in [0.4, 0.5) is 0 Å². The molecule has 1 amide bonds. The number of carbonyl (C=O) groups excluding carboxylic acids is 1. The number of amides is 1. The van der Waals surface area contributed by atoms with Gasteiger partial charge in [0.25, 0.3) is 5.91 Å². The van der Waals surface area contributed by atoms with Gasteiger partial charge in [0.15, 0.2) is 0 Å². The predicted octanol–water partition coefficient (Wildman–Crippen LogP) is 2.18. The number of aryl methyl sites for hydroxylation is 1. The number of rotatable bonds is 7. The number of carbonyl (C=O) groups is 1. The third kappa shape index (κ3) is 4.13. The van der Waals surface area contributed by atoms with E-state index in [2.05, 4.69) is 17.6 Å². The first-order chi connectivity index (χ1) is 8.29. The topological polar surface area (TPSA) is 41.1 Å². The van der Waals surface area contributed by atoms with E-state index in [1.807, 2.05) is 12.1 Å². The molecule has 3 nitrogen and oxygen atoms in total. The normalized spacial score (nSPS) is 14.9. The summed E-state index contributed by atoms with van der Waals surface area (Å²) in [5.41, 5.74) is 0. The SMILES string of the molecule is CCc1ccc(C(=O)NCCCNC2CC2)s1. The van der Waals surface area contributed by atoms with Crippen molar-refractivity contribution >= 4 is 17.2 Å². The van der Waals surface area contributed by atoms with Crippen LogP contribution in [0.15, 0.2) is 12.1 Å². The van der Waals surface area contributed by atoms with E-state index in [-0.39, 0.29) is 5.91 Å². The monoisotopic (exact) mass is 252 g/mol. The van der Waals surface area contributed by atoms with E-state index in [0.29, 0.717) is 0 Å². The van der Waals surface area contributed by atoms with E-state index in [1.54, 1.807) is 11.3 Å². The first-order valence-corrected chi connectivity index (χ1v) is 7.21. The summed E-state index contributed by atoms with van der Waals surface area (Å²) < 4.78 is 0. The molecule has 0 aromatic carbocycles. The van der Waals surface area contributed by atoms with Crippen molar-refractivity contribution < 1.29 is 4.79 Å². The average Bonchev–Trinajstić information content (AvgIpc) is 3.03. The molecule has 0 bridgehead atoms. The fourth-order valence-electron chi connectivity index (χ4n) is 1.66. The highest BCUT2D eigenvalue weighted by molar-refractivity contribution is 7.14. The minimum absolute atomic E-state index is 0.0705. The number of nitrogens with one attached hydrogen (secondary N) is 2. The quantitative estimate of drug-likeness (QED) is 0.730. The van der Waals surface area contributed by atoms with Gasteiger partial charge in [-0.1, -0.05) is 6.92 Å². The highest BCUT2D eigenvalue weighted by Gasteiger charge is 2.19. The second-order valence-corrected chi connectivity index (χ2v) is 5.63. The van der Waals surface area contributed by atoms with Crippen LogP contribution in [0, 0.1) is 0 Å². The van der Waals surface area contributed by atoms with Crippen LogP contribution in [0.1, 0.15) is 40.7 Å². The molecule has 2 rings (SSSR count). The summed E-state index contributed by atoms with van der Waals surface area (Å²) in [6, 6.07) is 4.71. The van der Waals surface area contributed by atoms with Gasteiger partial charge in [0.1, 0.15) is 0 Å². The molecule has 1 aromatic rings. The summed E-state index contributed by atoms with van der Waals surface area (Å²) in [4.78, 5) is 13.9. The van der Waals surface area contributed by atoms with E-state index in [0.717, 1.165) is 36.9 Å². The van der Waals surface area contributed by atoms with Crippen LogP contribution >= 0.6 is 11.3 Å². The second-order valence-electron chi connectivity index (χ2n) is 4.46. The molecular formula is C13H20N2OS. The summed E-state index contributed by atoms with van der Waals surface area (Å²) in [6.45, 7) is 3.88. The minimum Gasteiger partial charge on any atom is -0.351 e. The molecule has 1 aliphatic carbocycles. The van der Waals surface area contributed by atoms with Crippen molar-refractivity contribution in [1.29, 1.82) is 0 Å². The third-order valence-electron chi connectivity index (χ3n) is 2.88. The van der Waals surface area contributed by atoms with Gasteiger partial charge in [0.05, 0.1) is 4.88 Å². The molecule has 0 unspecified atom stereocenters. The summed E-state index contributed by atoms with van der Waals surface area (Å²) in [6.07, 6.45) is 4.65. The summed E-state index contributed by atoms with van der Waals surface area (Å²) in [5.74, 6) is 0.0705. The van der Waals surface area contributed by atoms with Gasteiger partial charge in [0.2, 0.25) is 0 Å². The van der Waals surface area contributed by atoms with Gasteiger partial charge in [-0.05, 0) is 44.4 Å². The minimum atomic E-state index is 0.0705. The molecule has 1 saturated carbocycles. The van der Waals surface area contributed by atoms with Gasteiger partial charge in [-0.25, -0.2) is 0 Å². The van der Waals surface area contributed by atoms with Crippen LogP contribution < -0.4 is 10.6 Å². The molecule has 1 fully saturated rings. The lowest BCUT2D eigenvalue weighted by molar-refractivity contribution is 0.0957. The lowest BCUT2D eigenvalue weighted by atomic mass is 10.3. The lowest BCUT2D eigenvalue weighted by Crippen LogP contribution is -2.27. The molecule has 0 aliphatic heterocycles. The molecule has 0 atom stereocenters. The Morgan fingerprint density at radius 2 is 2.24 bits per heavy atom. The van der Waals surface area contributed by atoms with E-state index in [1.165, 1.54) is 17.7 Å². The molecule has 1 heterocycles. The van der Waals surface area contributed by atoms with E-state index >= 15 is 0 Å². The van der Waals surface area contributed by atoms with E-state index in [9.17, 15) is 4.79 Å². The second kappa shape index (κ2) is 6.17. The highest BCUT2D eigenvalue weighted by atomic mass is 32.1. The molecule has 1 aliphatic rings. The van der Waals surface area contributed by atoms with Gasteiger partial charge in [-0.2, -0.15) is 0 Å². The number of hydrogen-bond acceptors (Lipinski definition) is 3. The Kier molecular flexibility index (Phi) is 4.57. The summed E-state index contributed by atoms with van der Waals surface area (Å²) in [7, 11) is 0. The van der Waals surface area contributed by atoms with Gasteiger partial charge < -0.3 is 10.6 Å². The molecule has 0 spiro atoms. The van der Waals surface area contributed by atoms with Crippen LogP contribution in [-0.4, -0.2) is 25.0 Å². The smallest absolute Gasteiger partial charge is 0.261 e. The predicted molar refractivity (Wildman–Crippen MR) is 71.7 cm³/mol. The van der Waals surface area contributed by atoms with Crippen LogP contribution in [0.2, 0.25) is 0 Å². The van der Waals surface area contributed by atoms with Gasteiger partial charge in [-0.15, -0.1) is 11.3 Å². The van der Waals surface area contributed by atoms with Crippen molar-refractivity contribution in [3.63, 3.8) is 0 Å². The van der Waals surface area contributed by atoms with E-state index in [4.69, 9.17) is 0 Å². The number of hydrogen-bond donors (Lipinski definition) is 2. The average molecular weight is 252 g/mol. The van der Waals surface area contributed by atoms with Crippen LogP contribution in [0.5, 0.6) is 0 Å². The Labute approximate surface area is 107 Å². The maximum atomic E-state index is 11.8. The zero-order chi connectivity index (χ0) is 12.1. The molecule has 4 heteroatoms. The molecule has 17 heavy (non-hydrogen) atoms. The Morgan fingerprint density at radius 1 is 1.41 bits per heavy atom. The maximum Gasteiger partial charge on any atom is 0.261 e. The third-order valence-corrected chi connectivity index (χ3v) is 4.11. The van der Waals surface area contributed by atoms with Crippen LogP contribution in [-0.2, 0) is 6.42 Å². The van der Waals surface area contributed by atoms with Crippen molar-refractivity contribution in [1.82, 2.24) is 10.6 Å². The molecular weight excluding hydrogens is 232 g/mol. The zero-order valence-corrected chi connectivity index (χ0v) is 11.1. The first kappa shape index (κ1) is 12.6. The Bertz CT molecular complexity index is 371. The van der Waals surface area contributed by atoms with Crippen molar-refractivity contribution in [2.45, 2.75) is 38.6 Å². The first-order valence-electron chi connectivity index (χ1n) is 6.40. The van der Waals surface area contributed by atoms with Crippen molar-refractivity contribution in [2.75, 3.05) is 13.1 Å². The fourth-order valence-corrected chi connectivity index (χ4v) is 2.52. The summed E-state index contributed by atoms with van der Waals surface area (Å²) >= 11 is 1.59.